The van der Waals surface area contributed by atoms with Gasteiger partial charge in [0.25, 0.3) is 0 Å². The van der Waals surface area contributed by atoms with Gasteiger partial charge >= 0.3 is 51.4 Å². The molecule has 0 spiro atoms. The van der Waals surface area contributed by atoms with Crippen LogP contribution in [0.25, 0.3) is 0 Å². The second-order valence-corrected chi connectivity index (χ2v) is 4.28. The molecule has 0 saturated heterocycles. The monoisotopic (exact) mass is 282 g/mol. The molecule has 4 heteroatoms. The average Bonchev–Trinajstić information content (AvgIpc) is 2.35. The standard InChI is InChI=1S/C15H13FO2.K/c1-9-7-12(8-10(2)14(9)17)15(18)11-3-5-13(16)6-4-11;/h3-8,17H,1-2H3;/q;+1/p-1. The number of carbonyl (C=O) groups excluding carboxylic acids is 1. The van der Waals surface area contributed by atoms with Crippen molar-refractivity contribution in [1.29, 1.82) is 0 Å². The molecule has 0 atom stereocenters. The fourth-order valence-corrected chi connectivity index (χ4v) is 1.85. The molecule has 0 saturated carbocycles. The van der Waals surface area contributed by atoms with Gasteiger partial charge in [-0.3, -0.25) is 4.79 Å². The molecule has 92 valence electrons. The van der Waals surface area contributed by atoms with E-state index in [0.717, 1.165) is 0 Å². The predicted octanol–water partition coefficient (Wildman–Crippen LogP) is -0.249. The third-order valence-electron chi connectivity index (χ3n) is 2.83. The normalized spacial score (nSPS) is 9.84. The van der Waals surface area contributed by atoms with Gasteiger partial charge in [0, 0.05) is 11.1 Å². The van der Waals surface area contributed by atoms with Crippen LogP contribution in [0.3, 0.4) is 0 Å². The van der Waals surface area contributed by atoms with Crippen LogP contribution in [-0.4, -0.2) is 5.78 Å². The molecule has 2 nitrogen and oxygen atoms in total. The maximum Gasteiger partial charge on any atom is 1.00 e. The SMILES string of the molecule is Cc1cc(C(=O)c2ccc(F)cc2)cc(C)c1[O-].[K+]. The molecule has 0 fully saturated rings. The van der Waals surface area contributed by atoms with E-state index < -0.39 is 0 Å². The van der Waals surface area contributed by atoms with Crippen molar-refractivity contribution in [3.05, 3.63) is 64.5 Å². The van der Waals surface area contributed by atoms with E-state index in [0.29, 0.717) is 22.3 Å². The van der Waals surface area contributed by atoms with Crippen molar-refractivity contribution in [2.75, 3.05) is 0 Å². The van der Waals surface area contributed by atoms with Crippen LogP contribution in [0.4, 0.5) is 4.39 Å². The van der Waals surface area contributed by atoms with Gasteiger partial charge in [-0.25, -0.2) is 4.39 Å². The van der Waals surface area contributed by atoms with Crippen LogP contribution in [0.15, 0.2) is 36.4 Å². The maximum absolute atomic E-state index is 12.8. The Morgan fingerprint density at radius 3 is 1.95 bits per heavy atom. The number of hydrogen-bond donors (Lipinski definition) is 0. The van der Waals surface area contributed by atoms with Gasteiger partial charge in [0.15, 0.2) is 5.78 Å². The molecule has 0 heterocycles. The van der Waals surface area contributed by atoms with E-state index in [2.05, 4.69) is 0 Å². The first-order valence-electron chi connectivity index (χ1n) is 5.57. The Bertz CT molecular complexity index is 583. The van der Waals surface area contributed by atoms with Crippen molar-refractivity contribution in [2.24, 2.45) is 0 Å². The number of aryl methyl sites for hydroxylation is 2. The molecular weight excluding hydrogens is 270 g/mol. The molecule has 0 N–H and O–H groups in total. The molecule has 2 aromatic carbocycles. The molecule has 0 aliphatic carbocycles. The minimum absolute atomic E-state index is 0. The molecule has 0 aliphatic heterocycles. The van der Waals surface area contributed by atoms with Gasteiger partial charge in [-0.2, -0.15) is 0 Å². The third-order valence-corrected chi connectivity index (χ3v) is 2.83. The van der Waals surface area contributed by atoms with E-state index in [-0.39, 0.29) is 68.7 Å². The zero-order chi connectivity index (χ0) is 13.3. The Balaban J connectivity index is 0.00000180. The average molecular weight is 282 g/mol. The largest absolute Gasteiger partial charge is 1.00 e. The van der Waals surface area contributed by atoms with Gasteiger partial charge in [-0.1, -0.05) is 11.1 Å². The molecule has 0 aromatic heterocycles. The van der Waals surface area contributed by atoms with Crippen molar-refractivity contribution in [3.63, 3.8) is 0 Å². The van der Waals surface area contributed by atoms with Crippen LogP contribution in [0.1, 0.15) is 27.0 Å². The summed E-state index contributed by atoms with van der Waals surface area (Å²) < 4.78 is 12.8. The molecule has 0 unspecified atom stereocenters. The summed E-state index contributed by atoms with van der Waals surface area (Å²) in [5.74, 6) is -0.638. The number of carbonyl (C=O) groups is 1. The maximum atomic E-state index is 12.8. The van der Waals surface area contributed by atoms with Crippen LogP contribution in [0, 0.1) is 19.7 Å². The van der Waals surface area contributed by atoms with Gasteiger partial charge < -0.3 is 5.11 Å². The van der Waals surface area contributed by atoms with Gasteiger partial charge in [0.1, 0.15) is 5.82 Å². The minimum Gasteiger partial charge on any atom is -0.872 e. The first-order valence-corrected chi connectivity index (χ1v) is 5.57. The van der Waals surface area contributed by atoms with Crippen LogP contribution < -0.4 is 56.5 Å². The zero-order valence-corrected chi connectivity index (χ0v) is 14.3. The minimum atomic E-state index is -0.381. The molecule has 0 aliphatic rings. The van der Waals surface area contributed by atoms with E-state index in [1.54, 1.807) is 26.0 Å². The number of hydrogen-bond acceptors (Lipinski definition) is 2. The molecular formula is C15H12FKO2. The molecule has 0 bridgehead atoms. The summed E-state index contributed by atoms with van der Waals surface area (Å²) in [6, 6.07) is 8.51. The van der Waals surface area contributed by atoms with Crippen molar-refractivity contribution in [2.45, 2.75) is 13.8 Å². The van der Waals surface area contributed by atoms with Crippen LogP contribution >= 0.6 is 0 Å². The Labute approximate surface area is 154 Å². The summed E-state index contributed by atoms with van der Waals surface area (Å²) in [5.41, 5.74) is 1.95. The Morgan fingerprint density at radius 1 is 1.00 bits per heavy atom. The molecule has 19 heavy (non-hydrogen) atoms. The van der Waals surface area contributed by atoms with Crippen molar-refractivity contribution in [1.82, 2.24) is 0 Å². The third kappa shape index (κ3) is 3.74. The van der Waals surface area contributed by atoms with Gasteiger partial charge in [-0.15, -0.1) is 5.75 Å². The predicted molar refractivity (Wildman–Crippen MR) is 65.2 cm³/mol. The summed E-state index contributed by atoms with van der Waals surface area (Å²) in [6.45, 7) is 3.35. The molecule has 2 aromatic rings. The smallest absolute Gasteiger partial charge is 0.872 e. The number of ketones is 1. The van der Waals surface area contributed by atoms with Crippen LogP contribution in [-0.2, 0) is 0 Å². The van der Waals surface area contributed by atoms with Gasteiger partial charge in [0.05, 0.1) is 0 Å². The Morgan fingerprint density at radius 2 is 1.47 bits per heavy atom. The van der Waals surface area contributed by atoms with Gasteiger partial charge in [-0.05, 0) is 50.2 Å². The van der Waals surface area contributed by atoms with Crippen molar-refractivity contribution in [3.8, 4) is 5.75 Å². The van der Waals surface area contributed by atoms with E-state index in [1.165, 1.54) is 24.3 Å². The zero-order valence-electron chi connectivity index (χ0n) is 11.2. The second kappa shape index (κ2) is 6.77. The van der Waals surface area contributed by atoms with Crippen molar-refractivity contribution < 1.29 is 65.7 Å². The summed E-state index contributed by atoms with van der Waals surface area (Å²) >= 11 is 0. The fourth-order valence-electron chi connectivity index (χ4n) is 1.85. The second-order valence-electron chi connectivity index (χ2n) is 4.28. The first-order chi connectivity index (χ1) is 8.49. The van der Waals surface area contributed by atoms with Crippen LogP contribution in [0.2, 0.25) is 0 Å². The summed E-state index contributed by atoms with van der Waals surface area (Å²) in [6.07, 6.45) is 0. The first kappa shape index (κ1) is 16.5. The van der Waals surface area contributed by atoms with Crippen LogP contribution in [0.5, 0.6) is 5.75 Å². The number of benzene rings is 2. The molecule has 0 amide bonds. The van der Waals surface area contributed by atoms with E-state index in [9.17, 15) is 14.3 Å². The van der Waals surface area contributed by atoms with E-state index in [1.807, 2.05) is 0 Å². The number of halogens is 1. The Hall–Kier alpha value is -0.524. The molecule has 2 rings (SSSR count). The van der Waals surface area contributed by atoms with E-state index >= 15 is 0 Å². The Kier molecular flexibility index (Phi) is 5.89. The van der Waals surface area contributed by atoms with Crippen molar-refractivity contribution >= 4 is 5.78 Å². The summed E-state index contributed by atoms with van der Waals surface area (Å²) in [4.78, 5) is 12.1. The topological polar surface area (TPSA) is 40.1 Å². The van der Waals surface area contributed by atoms with E-state index in [4.69, 9.17) is 0 Å². The quantitative estimate of drug-likeness (QED) is 0.563. The number of rotatable bonds is 2. The molecule has 0 radical (unpaired) electrons. The summed E-state index contributed by atoms with van der Waals surface area (Å²) in [7, 11) is 0. The van der Waals surface area contributed by atoms with Gasteiger partial charge in [0.2, 0.25) is 0 Å². The summed E-state index contributed by atoms with van der Waals surface area (Å²) in [5, 5.41) is 11.6. The fraction of sp³-hybridized carbons (Fsp3) is 0.133.